The van der Waals surface area contributed by atoms with Crippen LogP contribution in [0.1, 0.15) is 108 Å². The molecule has 0 aromatic carbocycles. The standard InChI is InChI=1S/C28H50N2O7S2.C2H6/c1-9-18(31)12-13-28(7,8)37-15-14-27(5,6)25(36)29-19(23(32)33)16-38-21-10-11-22(21)39-17-20(24(34)35)30-26(2,3)4;1-2/h19-22,30H,9-17H2,1-8H3,(H,29,36)(H,32,33)(H,34,35);1-2H3. The zero-order chi connectivity index (χ0) is 32.0. The molecule has 0 aliphatic heterocycles. The largest absolute Gasteiger partial charge is 0.480 e. The molecule has 0 saturated heterocycles. The molecule has 0 aromatic rings. The summed E-state index contributed by atoms with van der Waals surface area (Å²) < 4.78 is 5.96. The molecule has 1 fully saturated rings. The van der Waals surface area contributed by atoms with Gasteiger partial charge in [0.1, 0.15) is 17.9 Å². The maximum atomic E-state index is 13.0. The lowest BCUT2D eigenvalue weighted by Crippen LogP contribution is -2.50. The van der Waals surface area contributed by atoms with Crippen molar-refractivity contribution in [3.63, 3.8) is 0 Å². The number of ether oxygens (including phenoxy) is 1. The van der Waals surface area contributed by atoms with E-state index in [0.717, 1.165) is 12.8 Å². The van der Waals surface area contributed by atoms with Crippen LogP contribution in [0.15, 0.2) is 0 Å². The monoisotopic (exact) mass is 620 g/mol. The van der Waals surface area contributed by atoms with Gasteiger partial charge in [0, 0.05) is 52.4 Å². The van der Waals surface area contributed by atoms with Gasteiger partial charge in [0.05, 0.1) is 5.60 Å². The average molecular weight is 621 g/mol. The van der Waals surface area contributed by atoms with E-state index in [9.17, 15) is 29.4 Å². The van der Waals surface area contributed by atoms with Crippen LogP contribution in [0, 0.1) is 5.41 Å². The second-order valence-electron chi connectivity index (χ2n) is 12.6. The number of ketones is 1. The van der Waals surface area contributed by atoms with E-state index in [0.29, 0.717) is 38.0 Å². The third-order valence-corrected chi connectivity index (χ3v) is 10.1. The topological polar surface area (TPSA) is 142 Å². The Balaban J connectivity index is 0.00000781. The summed E-state index contributed by atoms with van der Waals surface area (Å²) in [5, 5.41) is 25.6. The summed E-state index contributed by atoms with van der Waals surface area (Å²) in [5.41, 5.74) is -1.62. The first-order chi connectivity index (χ1) is 18.9. The Kier molecular flexibility index (Phi) is 17.8. The van der Waals surface area contributed by atoms with Crippen LogP contribution < -0.4 is 10.6 Å². The number of thioether (sulfide) groups is 2. The lowest BCUT2D eigenvalue weighted by Gasteiger charge is -2.37. The van der Waals surface area contributed by atoms with Gasteiger partial charge in [-0.25, -0.2) is 4.79 Å². The molecular formula is C30H56N2O7S2. The Labute approximate surface area is 256 Å². The summed E-state index contributed by atoms with van der Waals surface area (Å²) in [6.45, 7) is 19.4. The molecule has 11 heteroatoms. The van der Waals surface area contributed by atoms with Crippen molar-refractivity contribution in [3.05, 3.63) is 0 Å². The van der Waals surface area contributed by atoms with Crippen LogP contribution in [-0.4, -0.2) is 85.7 Å². The van der Waals surface area contributed by atoms with Crippen molar-refractivity contribution in [2.24, 2.45) is 5.41 Å². The van der Waals surface area contributed by atoms with Crippen LogP contribution in [0.3, 0.4) is 0 Å². The van der Waals surface area contributed by atoms with Gasteiger partial charge in [0.15, 0.2) is 0 Å². The van der Waals surface area contributed by atoms with E-state index in [4.69, 9.17) is 4.74 Å². The predicted molar refractivity (Wildman–Crippen MR) is 170 cm³/mol. The molecule has 240 valence electrons. The molecule has 1 amide bonds. The number of carboxylic acids is 2. The van der Waals surface area contributed by atoms with Crippen molar-refractivity contribution < 1.29 is 34.1 Å². The average Bonchev–Trinajstić information content (AvgIpc) is 2.85. The van der Waals surface area contributed by atoms with Crippen LogP contribution >= 0.6 is 23.5 Å². The minimum Gasteiger partial charge on any atom is -0.480 e. The quantitative estimate of drug-likeness (QED) is 0.148. The fourth-order valence-electron chi connectivity index (χ4n) is 3.87. The lowest BCUT2D eigenvalue weighted by molar-refractivity contribution is -0.143. The Hall–Kier alpha value is -1.30. The fraction of sp³-hybridized carbons (Fsp3) is 0.867. The van der Waals surface area contributed by atoms with Gasteiger partial charge in [-0.15, -0.1) is 0 Å². The van der Waals surface area contributed by atoms with Crippen molar-refractivity contribution in [2.75, 3.05) is 18.1 Å². The van der Waals surface area contributed by atoms with Gasteiger partial charge in [-0.3, -0.25) is 19.7 Å². The number of amides is 1. The first-order valence-electron chi connectivity index (χ1n) is 14.8. The van der Waals surface area contributed by atoms with Crippen molar-refractivity contribution in [2.45, 2.75) is 141 Å². The van der Waals surface area contributed by atoms with E-state index in [1.165, 1.54) is 11.8 Å². The summed E-state index contributed by atoms with van der Waals surface area (Å²) in [6.07, 6.45) is 3.89. The number of rotatable bonds is 19. The van der Waals surface area contributed by atoms with E-state index >= 15 is 0 Å². The number of Topliss-reactive ketones (excluding diaryl/α,β-unsaturated/α-hetero) is 1. The van der Waals surface area contributed by atoms with Crippen LogP contribution in [0.25, 0.3) is 0 Å². The summed E-state index contributed by atoms with van der Waals surface area (Å²) in [4.78, 5) is 48.2. The molecule has 0 bridgehead atoms. The third-order valence-electron chi connectivity index (χ3n) is 6.85. The van der Waals surface area contributed by atoms with Gasteiger partial charge in [-0.05, 0) is 60.3 Å². The number of hydrogen-bond donors (Lipinski definition) is 4. The molecule has 0 heterocycles. The summed E-state index contributed by atoms with van der Waals surface area (Å²) in [7, 11) is 0. The maximum absolute atomic E-state index is 13.0. The number of carbonyl (C=O) groups is 4. The highest BCUT2D eigenvalue weighted by atomic mass is 32.2. The summed E-state index contributed by atoms with van der Waals surface area (Å²) >= 11 is 3.14. The van der Waals surface area contributed by atoms with Crippen LogP contribution in [0.4, 0.5) is 0 Å². The SMILES string of the molecule is CC.CCC(=O)CCC(C)(C)OCCC(C)(C)C(=O)NC(CSC1CCC1SCC(NC(C)(C)C)C(=O)O)C(=O)O. The molecule has 41 heavy (non-hydrogen) atoms. The Bertz CT molecular complexity index is 843. The van der Waals surface area contributed by atoms with Gasteiger partial charge in [0.25, 0.3) is 0 Å². The minimum atomic E-state index is -1.08. The molecule has 1 rings (SSSR count). The number of carbonyl (C=O) groups excluding carboxylic acids is 2. The molecule has 1 saturated carbocycles. The fourth-order valence-corrected chi connectivity index (χ4v) is 6.98. The first kappa shape index (κ1) is 39.7. The second kappa shape index (κ2) is 18.4. The Morgan fingerprint density at radius 1 is 0.854 bits per heavy atom. The van der Waals surface area contributed by atoms with E-state index in [-0.39, 0.29) is 33.5 Å². The molecule has 0 spiro atoms. The molecule has 0 aromatic heterocycles. The van der Waals surface area contributed by atoms with E-state index in [1.54, 1.807) is 25.6 Å². The molecule has 1 aliphatic carbocycles. The van der Waals surface area contributed by atoms with Gasteiger partial charge < -0.3 is 20.3 Å². The van der Waals surface area contributed by atoms with Crippen molar-refractivity contribution >= 4 is 47.2 Å². The highest BCUT2D eigenvalue weighted by Gasteiger charge is 2.36. The zero-order valence-electron chi connectivity index (χ0n) is 26.9. The maximum Gasteiger partial charge on any atom is 0.327 e. The highest BCUT2D eigenvalue weighted by Crippen LogP contribution is 2.40. The van der Waals surface area contributed by atoms with Crippen LogP contribution in [0.5, 0.6) is 0 Å². The lowest BCUT2D eigenvalue weighted by atomic mass is 9.88. The van der Waals surface area contributed by atoms with Gasteiger partial charge >= 0.3 is 11.9 Å². The van der Waals surface area contributed by atoms with E-state index in [1.807, 2.05) is 55.4 Å². The third kappa shape index (κ3) is 16.2. The second-order valence-corrected chi connectivity index (χ2v) is 15.1. The number of aliphatic carboxylic acids is 2. The number of nitrogens with one attached hydrogen (secondary N) is 2. The Morgan fingerprint density at radius 2 is 1.34 bits per heavy atom. The minimum absolute atomic E-state index is 0.192. The Morgan fingerprint density at radius 3 is 1.76 bits per heavy atom. The van der Waals surface area contributed by atoms with Gasteiger partial charge in [-0.1, -0.05) is 34.6 Å². The van der Waals surface area contributed by atoms with Crippen LogP contribution in [0.2, 0.25) is 0 Å². The van der Waals surface area contributed by atoms with Crippen molar-refractivity contribution in [1.82, 2.24) is 10.6 Å². The normalized spacial score (nSPS) is 18.8. The van der Waals surface area contributed by atoms with E-state index < -0.39 is 35.0 Å². The van der Waals surface area contributed by atoms with Crippen LogP contribution in [-0.2, 0) is 23.9 Å². The molecule has 1 aliphatic rings. The molecular weight excluding hydrogens is 564 g/mol. The van der Waals surface area contributed by atoms with Crippen molar-refractivity contribution in [3.8, 4) is 0 Å². The van der Waals surface area contributed by atoms with E-state index in [2.05, 4.69) is 10.6 Å². The predicted octanol–water partition coefficient (Wildman–Crippen LogP) is 5.39. The first-order valence-corrected chi connectivity index (χ1v) is 16.9. The van der Waals surface area contributed by atoms with Crippen molar-refractivity contribution in [1.29, 1.82) is 0 Å². The molecule has 4 N–H and O–H groups in total. The number of hydrogen-bond acceptors (Lipinski definition) is 8. The molecule has 9 nitrogen and oxygen atoms in total. The summed E-state index contributed by atoms with van der Waals surface area (Å²) in [5.74, 6) is -1.41. The van der Waals surface area contributed by atoms with Gasteiger partial charge in [-0.2, -0.15) is 23.5 Å². The molecule has 0 radical (unpaired) electrons. The number of carboxylic acid groups (broad SMARTS) is 2. The van der Waals surface area contributed by atoms with Gasteiger partial charge in [0.2, 0.25) is 5.91 Å². The highest BCUT2D eigenvalue weighted by molar-refractivity contribution is 8.04. The summed E-state index contributed by atoms with van der Waals surface area (Å²) in [6, 6.07) is -1.66. The molecule has 4 atom stereocenters. The smallest absolute Gasteiger partial charge is 0.327 e. The zero-order valence-corrected chi connectivity index (χ0v) is 28.6. The molecule has 4 unspecified atom stereocenters.